The summed E-state index contributed by atoms with van der Waals surface area (Å²) in [6.45, 7) is 6.25. The Kier molecular flexibility index (Phi) is 3.47. The lowest BCUT2D eigenvalue weighted by Crippen LogP contribution is -2.39. The third kappa shape index (κ3) is 2.85. The molecule has 1 aliphatic heterocycles. The zero-order valence-electron chi connectivity index (χ0n) is 10.5. The van der Waals surface area contributed by atoms with E-state index in [0.717, 1.165) is 31.6 Å². The van der Waals surface area contributed by atoms with Gasteiger partial charge in [0, 0.05) is 11.7 Å². The second-order valence-corrected chi connectivity index (χ2v) is 4.84. The van der Waals surface area contributed by atoms with E-state index < -0.39 is 0 Å². The van der Waals surface area contributed by atoms with Crippen LogP contribution in [0.4, 0.5) is 0 Å². The van der Waals surface area contributed by atoms with Crippen molar-refractivity contribution in [3.63, 3.8) is 0 Å². The Morgan fingerprint density at radius 2 is 2.35 bits per heavy atom. The van der Waals surface area contributed by atoms with Crippen LogP contribution in [0.2, 0.25) is 0 Å². The molecule has 1 aliphatic rings. The van der Waals surface area contributed by atoms with E-state index in [2.05, 4.69) is 23.0 Å². The van der Waals surface area contributed by atoms with Crippen LogP contribution < -0.4 is 5.73 Å². The zero-order valence-corrected chi connectivity index (χ0v) is 10.5. The molecule has 0 saturated carbocycles. The molecular formula is C12H20N4O. The van der Waals surface area contributed by atoms with Crippen molar-refractivity contribution in [2.45, 2.75) is 39.3 Å². The number of aryl methyl sites for hydroxylation is 2. The molecule has 5 heteroatoms. The van der Waals surface area contributed by atoms with Crippen LogP contribution >= 0.6 is 0 Å². The molecule has 2 heterocycles. The third-order valence-electron chi connectivity index (χ3n) is 3.35. The lowest BCUT2D eigenvalue weighted by atomic mass is 10.2. The number of aromatic nitrogens is 2. The van der Waals surface area contributed by atoms with Gasteiger partial charge in [-0.1, -0.05) is 0 Å². The highest BCUT2D eigenvalue weighted by Gasteiger charge is 2.26. The molecule has 17 heavy (non-hydrogen) atoms. The first kappa shape index (κ1) is 12.1. The first-order chi connectivity index (χ1) is 8.06. The molecule has 5 nitrogen and oxygen atoms in total. The number of carbonyl (C=O) groups excluding carboxylic acids is 1. The number of carbonyl (C=O) groups is 1. The topological polar surface area (TPSA) is 64.2 Å². The predicted octanol–water partition coefficient (Wildman–Crippen LogP) is 0.450. The molecule has 0 aromatic carbocycles. The lowest BCUT2D eigenvalue weighted by Gasteiger charge is -2.23. The number of hydrogen-bond donors (Lipinski definition) is 1. The van der Waals surface area contributed by atoms with Crippen LogP contribution in [0.5, 0.6) is 0 Å². The average Bonchev–Trinajstić information content (AvgIpc) is 2.75. The monoisotopic (exact) mass is 236 g/mol. The number of rotatable bonds is 4. The molecule has 1 aromatic heterocycles. The second kappa shape index (κ2) is 4.87. The summed E-state index contributed by atoms with van der Waals surface area (Å²) in [7, 11) is 0. The van der Waals surface area contributed by atoms with Crippen LogP contribution in [0.1, 0.15) is 24.2 Å². The molecule has 94 valence electrons. The summed E-state index contributed by atoms with van der Waals surface area (Å²) in [6.07, 6.45) is 2.25. The van der Waals surface area contributed by atoms with E-state index in [1.165, 1.54) is 5.69 Å². The van der Waals surface area contributed by atoms with Crippen molar-refractivity contribution in [2.75, 3.05) is 13.1 Å². The Balaban J connectivity index is 2.02. The minimum absolute atomic E-state index is 0.245. The van der Waals surface area contributed by atoms with E-state index in [9.17, 15) is 4.79 Å². The number of nitrogens with two attached hydrogens (primary N) is 1. The van der Waals surface area contributed by atoms with Gasteiger partial charge in [-0.3, -0.25) is 14.4 Å². The van der Waals surface area contributed by atoms with Gasteiger partial charge in [0.15, 0.2) is 0 Å². The van der Waals surface area contributed by atoms with Crippen LogP contribution in [0.3, 0.4) is 0 Å². The maximum atomic E-state index is 11.0. The van der Waals surface area contributed by atoms with Crippen molar-refractivity contribution in [3.05, 3.63) is 17.5 Å². The highest BCUT2D eigenvalue weighted by molar-refractivity contribution is 5.76. The molecule has 1 atom stereocenters. The Bertz CT molecular complexity index is 413. The predicted molar refractivity (Wildman–Crippen MR) is 65.5 cm³/mol. The Morgan fingerprint density at radius 1 is 1.59 bits per heavy atom. The summed E-state index contributed by atoms with van der Waals surface area (Å²) >= 11 is 0. The van der Waals surface area contributed by atoms with E-state index >= 15 is 0 Å². The standard InChI is InChI=1S/C12H20N4O/c1-9-6-10(2)16(14-9)7-11-4-3-5-15(11)8-12(13)17/h6,11H,3-5,7-8H2,1-2H3,(H2,13,17)/t11-/m1/s1. The van der Waals surface area contributed by atoms with Gasteiger partial charge < -0.3 is 5.73 Å². The molecule has 1 fully saturated rings. The van der Waals surface area contributed by atoms with Crippen molar-refractivity contribution in [2.24, 2.45) is 5.73 Å². The van der Waals surface area contributed by atoms with Gasteiger partial charge in [-0.05, 0) is 39.3 Å². The fraction of sp³-hybridized carbons (Fsp3) is 0.667. The first-order valence-electron chi connectivity index (χ1n) is 6.09. The van der Waals surface area contributed by atoms with Gasteiger partial charge in [-0.2, -0.15) is 5.10 Å². The summed E-state index contributed by atoms with van der Waals surface area (Å²) in [5, 5.41) is 4.46. The van der Waals surface area contributed by atoms with Gasteiger partial charge in [0.25, 0.3) is 0 Å². The van der Waals surface area contributed by atoms with E-state index in [4.69, 9.17) is 5.73 Å². The molecule has 0 radical (unpaired) electrons. The van der Waals surface area contributed by atoms with Crippen molar-refractivity contribution in [3.8, 4) is 0 Å². The van der Waals surface area contributed by atoms with E-state index in [1.54, 1.807) is 0 Å². The van der Waals surface area contributed by atoms with Crippen LogP contribution in [-0.4, -0.2) is 39.7 Å². The molecular weight excluding hydrogens is 216 g/mol. The fourth-order valence-electron chi connectivity index (χ4n) is 2.57. The Hall–Kier alpha value is -1.36. The van der Waals surface area contributed by atoms with Crippen molar-refractivity contribution in [1.82, 2.24) is 14.7 Å². The summed E-state index contributed by atoms with van der Waals surface area (Å²) < 4.78 is 2.03. The minimum Gasteiger partial charge on any atom is -0.369 e. The maximum absolute atomic E-state index is 11.0. The van der Waals surface area contributed by atoms with Crippen LogP contribution in [0.15, 0.2) is 6.07 Å². The van der Waals surface area contributed by atoms with Crippen LogP contribution in [0.25, 0.3) is 0 Å². The quantitative estimate of drug-likeness (QED) is 0.825. The highest BCUT2D eigenvalue weighted by atomic mass is 16.1. The van der Waals surface area contributed by atoms with E-state index in [1.807, 2.05) is 11.6 Å². The normalized spacial score (nSPS) is 20.9. The molecule has 2 rings (SSSR count). The SMILES string of the molecule is Cc1cc(C)n(C[C@H]2CCCN2CC(N)=O)n1. The molecule has 1 amide bonds. The van der Waals surface area contributed by atoms with Gasteiger partial charge in [-0.15, -0.1) is 0 Å². The molecule has 0 unspecified atom stereocenters. The van der Waals surface area contributed by atoms with Crippen LogP contribution in [0, 0.1) is 13.8 Å². The van der Waals surface area contributed by atoms with Crippen LogP contribution in [-0.2, 0) is 11.3 Å². The summed E-state index contributed by atoms with van der Waals surface area (Å²) in [4.78, 5) is 13.1. The molecule has 2 N–H and O–H groups in total. The fourth-order valence-corrected chi connectivity index (χ4v) is 2.57. The van der Waals surface area contributed by atoms with E-state index in [0.29, 0.717) is 12.6 Å². The minimum atomic E-state index is -0.245. The zero-order chi connectivity index (χ0) is 12.4. The molecule has 0 aliphatic carbocycles. The average molecular weight is 236 g/mol. The summed E-state index contributed by atoms with van der Waals surface area (Å²) in [5.41, 5.74) is 7.48. The number of nitrogens with zero attached hydrogens (tertiary/aromatic N) is 3. The van der Waals surface area contributed by atoms with Crippen molar-refractivity contribution < 1.29 is 4.79 Å². The third-order valence-corrected chi connectivity index (χ3v) is 3.35. The van der Waals surface area contributed by atoms with Gasteiger partial charge in [0.1, 0.15) is 0 Å². The van der Waals surface area contributed by atoms with Crippen molar-refractivity contribution >= 4 is 5.91 Å². The number of likely N-dealkylation sites (tertiary alicyclic amines) is 1. The molecule has 0 bridgehead atoms. The van der Waals surface area contributed by atoms with Gasteiger partial charge in [-0.25, -0.2) is 0 Å². The Labute approximate surface area is 102 Å². The highest BCUT2D eigenvalue weighted by Crippen LogP contribution is 2.18. The number of hydrogen-bond acceptors (Lipinski definition) is 3. The van der Waals surface area contributed by atoms with Gasteiger partial charge in [0.2, 0.25) is 5.91 Å². The van der Waals surface area contributed by atoms with Gasteiger partial charge in [0.05, 0.1) is 18.8 Å². The number of amides is 1. The summed E-state index contributed by atoms with van der Waals surface area (Å²) in [6, 6.07) is 2.47. The molecule has 1 saturated heterocycles. The number of primary amides is 1. The van der Waals surface area contributed by atoms with Gasteiger partial charge >= 0.3 is 0 Å². The first-order valence-corrected chi connectivity index (χ1v) is 6.09. The van der Waals surface area contributed by atoms with Crippen molar-refractivity contribution in [1.29, 1.82) is 0 Å². The Morgan fingerprint density at radius 3 is 2.94 bits per heavy atom. The lowest BCUT2D eigenvalue weighted by molar-refractivity contribution is -0.119. The molecule has 0 spiro atoms. The maximum Gasteiger partial charge on any atom is 0.231 e. The largest absolute Gasteiger partial charge is 0.369 e. The second-order valence-electron chi connectivity index (χ2n) is 4.84. The van der Waals surface area contributed by atoms with E-state index in [-0.39, 0.29) is 5.91 Å². The summed E-state index contributed by atoms with van der Waals surface area (Å²) in [5.74, 6) is -0.245. The smallest absolute Gasteiger partial charge is 0.231 e. The molecule has 1 aromatic rings.